The first kappa shape index (κ1) is 27.9. The highest BCUT2D eigenvalue weighted by atomic mass is 32.1. The van der Waals surface area contributed by atoms with E-state index in [1.165, 1.54) is 58.9 Å². The number of nitrogens with zero attached hydrogens (tertiary/aromatic N) is 1. The third-order valence-electron chi connectivity index (χ3n) is 7.39. The van der Waals surface area contributed by atoms with Gasteiger partial charge in [0.15, 0.2) is 0 Å². The number of amides is 2. The predicted octanol–water partition coefficient (Wildman–Crippen LogP) is 6.49. The van der Waals surface area contributed by atoms with Crippen LogP contribution >= 0.6 is 11.3 Å². The van der Waals surface area contributed by atoms with Crippen LogP contribution in [0, 0.1) is 0 Å². The monoisotopic (exact) mass is 555 g/mol. The van der Waals surface area contributed by atoms with E-state index in [4.69, 9.17) is 4.74 Å². The summed E-state index contributed by atoms with van der Waals surface area (Å²) in [4.78, 5) is 27.7. The van der Waals surface area contributed by atoms with Crippen LogP contribution in [0.25, 0.3) is 20.5 Å². The number of benzene rings is 3. The van der Waals surface area contributed by atoms with Gasteiger partial charge >= 0.3 is 0 Å². The average molecular weight is 556 g/mol. The molecule has 0 aliphatic carbocycles. The molecule has 1 fully saturated rings. The minimum Gasteiger partial charge on any atom is -0.492 e. The molecule has 0 spiro atoms. The first-order valence-electron chi connectivity index (χ1n) is 14.1. The van der Waals surface area contributed by atoms with Gasteiger partial charge in [0.2, 0.25) is 11.8 Å². The Balaban J connectivity index is 1.30. The van der Waals surface area contributed by atoms with E-state index in [0.717, 1.165) is 30.9 Å². The Labute approximate surface area is 240 Å². The van der Waals surface area contributed by atoms with Gasteiger partial charge in [-0.1, -0.05) is 49.4 Å². The molecule has 0 bridgehead atoms. The number of hydrogen-bond donors (Lipinski definition) is 2. The fourth-order valence-corrected chi connectivity index (χ4v) is 6.47. The lowest BCUT2D eigenvalue weighted by Gasteiger charge is -2.16. The molecule has 40 heavy (non-hydrogen) atoms. The molecule has 1 aliphatic heterocycles. The molecule has 1 unspecified atom stereocenters. The largest absolute Gasteiger partial charge is 0.492 e. The van der Waals surface area contributed by atoms with Gasteiger partial charge in [-0.25, -0.2) is 0 Å². The van der Waals surface area contributed by atoms with Gasteiger partial charge in [-0.3, -0.25) is 14.5 Å². The zero-order chi connectivity index (χ0) is 27.9. The minimum atomic E-state index is -0.548. The number of rotatable bonds is 11. The Morgan fingerprint density at radius 1 is 0.975 bits per heavy atom. The normalized spacial score (nSPS) is 14.2. The van der Waals surface area contributed by atoms with Crippen molar-refractivity contribution < 1.29 is 14.3 Å². The number of ether oxygens (including phenoxy) is 1. The number of fused-ring (bicyclic) bond motifs is 1. The molecule has 1 atom stereocenters. The van der Waals surface area contributed by atoms with Crippen molar-refractivity contribution in [2.45, 2.75) is 45.6 Å². The molecule has 0 saturated carbocycles. The standard InChI is InChI=1S/C33H37N3O3S/c1-3-30(34-23(2)37)33(38)35-26-14-12-25(13-15-26)32-29(28-8-4-5-9-31(28)40-32)22-24-10-16-27(17-11-24)39-21-20-36-18-6-7-19-36/h4-5,8-17,30H,3,6-7,18-22H2,1-2H3,(H,34,37)(H,35,38). The lowest BCUT2D eigenvalue weighted by molar-refractivity contribution is -0.125. The van der Waals surface area contributed by atoms with Crippen molar-refractivity contribution in [3.8, 4) is 16.2 Å². The summed E-state index contributed by atoms with van der Waals surface area (Å²) in [6.45, 7) is 7.39. The molecule has 3 aromatic carbocycles. The van der Waals surface area contributed by atoms with Crippen molar-refractivity contribution >= 4 is 38.9 Å². The first-order valence-corrected chi connectivity index (χ1v) is 14.9. The van der Waals surface area contributed by atoms with Gasteiger partial charge in [0.25, 0.3) is 0 Å². The molecule has 2 N–H and O–H groups in total. The number of nitrogens with one attached hydrogen (secondary N) is 2. The quantitative estimate of drug-likeness (QED) is 0.222. The van der Waals surface area contributed by atoms with Crippen molar-refractivity contribution in [2.24, 2.45) is 0 Å². The van der Waals surface area contributed by atoms with E-state index in [2.05, 4.69) is 76.2 Å². The van der Waals surface area contributed by atoms with Crippen LogP contribution in [0.2, 0.25) is 0 Å². The third kappa shape index (κ3) is 6.90. The summed E-state index contributed by atoms with van der Waals surface area (Å²) < 4.78 is 7.27. The fourth-order valence-electron chi connectivity index (χ4n) is 5.25. The highest BCUT2D eigenvalue weighted by Gasteiger charge is 2.18. The van der Waals surface area contributed by atoms with Crippen molar-refractivity contribution in [3.63, 3.8) is 0 Å². The second-order valence-corrected chi connectivity index (χ2v) is 11.4. The van der Waals surface area contributed by atoms with Crippen molar-refractivity contribution in [3.05, 3.63) is 83.9 Å². The number of carbonyl (C=O) groups is 2. The molecule has 5 rings (SSSR count). The van der Waals surface area contributed by atoms with Crippen LogP contribution in [-0.4, -0.2) is 49.0 Å². The smallest absolute Gasteiger partial charge is 0.246 e. The van der Waals surface area contributed by atoms with Gasteiger partial charge in [-0.2, -0.15) is 0 Å². The molecule has 2 amide bonds. The zero-order valence-corrected chi connectivity index (χ0v) is 24.1. The van der Waals surface area contributed by atoms with E-state index in [1.54, 1.807) is 11.3 Å². The van der Waals surface area contributed by atoms with Crippen molar-refractivity contribution in [1.29, 1.82) is 0 Å². The first-order chi connectivity index (χ1) is 19.5. The molecule has 7 heteroatoms. The number of hydrogen-bond acceptors (Lipinski definition) is 5. The lowest BCUT2D eigenvalue weighted by Crippen LogP contribution is -2.42. The van der Waals surface area contributed by atoms with Gasteiger partial charge in [-0.05, 0) is 91.2 Å². The Morgan fingerprint density at radius 3 is 2.40 bits per heavy atom. The van der Waals surface area contributed by atoms with Gasteiger partial charge in [0.1, 0.15) is 18.4 Å². The molecule has 4 aromatic rings. The molecule has 6 nitrogen and oxygen atoms in total. The van der Waals surface area contributed by atoms with Crippen LogP contribution in [0.15, 0.2) is 72.8 Å². The van der Waals surface area contributed by atoms with Gasteiger partial charge < -0.3 is 15.4 Å². The summed E-state index contributed by atoms with van der Waals surface area (Å²) in [5, 5.41) is 6.90. The van der Waals surface area contributed by atoms with Gasteiger partial charge in [0.05, 0.1) is 0 Å². The molecule has 1 aromatic heterocycles. The Bertz CT molecular complexity index is 1440. The van der Waals surface area contributed by atoms with Gasteiger partial charge in [0, 0.05) is 28.7 Å². The number of carbonyl (C=O) groups excluding carboxylic acids is 2. The highest BCUT2D eigenvalue weighted by Crippen LogP contribution is 2.40. The maximum absolute atomic E-state index is 12.6. The molecule has 1 aliphatic rings. The Morgan fingerprint density at radius 2 is 1.70 bits per heavy atom. The molecule has 208 valence electrons. The summed E-state index contributed by atoms with van der Waals surface area (Å²) in [5.41, 5.74) is 4.37. The summed E-state index contributed by atoms with van der Waals surface area (Å²) in [5.74, 6) is 0.491. The van der Waals surface area contributed by atoms with E-state index in [9.17, 15) is 9.59 Å². The van der Waals surface area contributed by atoms with E-state index < -0.39 is 6.04 Å². The Hall–Kier alpha value is -3.68. The van der Waals surface area contributed by atoms with Crippen LogP contribution in [0.4, 0.5) is 5.69 Å². The average Bonchev–Trinajstić information content (AvgIpc) is 3.61. The van der Waals surface area contributed by atoms with Crippen LogP contribution in [0.5, 0.6) is 5.75 Å². The maximum atomic E-state index is 12.6. The predicted molar refractivity (Wildman–Crippen MR) is 164 cm³/mol. The van der Waals surface area contributed by atoms with Crippen LogP contribution in [0.1, 0.15) is 44.2 Å². The minimum absolute atomic E-state index is 0.212. The zero-order valence-electron chi connectivity index (χ0n) is 23.2. The van der Waals surface area contributed by atoms with E-state index in [-0.39, 0.29) is 11.8 Å². The summed E-state index contributed by atoms with van der Waals surface area (Å²) in [6, 6.07) is 24.5. The Kier molecular flexibility index (Phi) is 9.14. The molecular weight excluding hydrogens is 518 g/mol. The van der Waals surface area contributed by atoms with Crippen molar-refractivity contribution in [2.75, 3.05) is 31.6 Å². The second kappa shape index (κ2) is 13.1. The van der Waals surface area contributed by atoms with Crippen molar-refractivity contribution in [1.82, 2.24) is 10.2 Å². The lowest BCUT2D eigenvalue weighted by atomic mass is 9.99. The SMILES string of the molecule is CCC(NC(C)=O)C(=O)Nc1ccc(-c2sc3ccccc3c2Cc2ccc(OCCN3CCCC3)cc2)cc1. The summed E-state index contributed by atoms with van der Waals surface area (Å²) in [6.07, 6.45) is 3.95. The fraction of sp³-hybridized carbons (Fsp3) is 0.333. The molecule has 2 heterocycles. The van der Waals surface area contributed by atoms with Gasteiger partial charge in [-0.15, -0.1) is 11.3 Å². The van der Waals surface area contributed by atoms with Crippen LogP contribution in [-0.2, 0) is 16.0 Å². The summed E-state index contributed by atoms with van der Waals surface area (Å²) >= 11 is 1.79. The van der Waals surface area contributed by atoms with E-state index in [1.807, 2.05) is 19.1 Å². The summed E-state index contributed by atoms with van der Waals surface area (Å²) in [7, 11) is 0. The van der Waals surface area contributed by atoms with E-state index in [0.29, 0.717) is 12.1 Å². The highest BCUT2D eigenvalue weighted by molar-refractivity contribution is 7.22. The van der Waals surface area contributed by atoms with E-state index >= 15 is 0 Å². The number of likely N-dealkylation sites (tertiary alicyclic amines) is 1. The van der Waals surface area contributed by atoms with Crippen LogP contribution < -0.4 is 15.4 Å². The topological polar surface area (TPSA) is 70.7 Å². The molecular formula is C33H37N3O3S. The number of thiophene rings is 1. The molecule has 1 saturated heterocycles. The maximum Gasteiger partial charge on any atom is 0.246 e. The second-order valence-electron chi connectivity index (χ2n) is 10.4. The van der Waals surface area contributed by atoms with Crippen LogP contribution in [0.3, 0.4) is 0 Å². The number of anilines is 1. The third-order valence-corrected chi connectivity index (χ3v) is 8.66. The molecule has 0 radical (unpaired) electrons.